The number of rotatable bonds is 4. The number of halogens is 2. The van der Waals surface area contributed by atoms with Crippen molar-refractivity contribution in [3.05, 3.63) is 81.9 Å². The van der Waals surface area contributed by atoms with Crippen molar-refractivity contribution in [3.8, 4) is 0 Å². The molecule has 7 heteroatoms. The molecule has 2 aromatic carbocycles. The van der Waals surface area contributed by atoms with Crippen molar-refractivity contribution in [2.24, 2.45) is 4.99 Å². The minimum Gasteiger partial charge on any atom is -0.269 e. The van der Waals surface area contributed by atoms with E-state index in [0.717, 1.165) is 11.1 Å². The molecule has 0 N–H and O–H groups in total. The summed E-state index contributed by atoms with van der Waals surface area (Å²) in [5.41, 5.74) is 2.17. The molecule has 3 amide bonds. The van der Waals surface area contributed by atoms with Gasteiger partial charge in [-0.15, -0.1) is 0 Å². The van der Waals surface area contributed by atoms with Crippen LogP contribution in [0, 0.1) is 0 Å². The SMILES string of the molecule is O=C1C2N=CC=CC2=[N+](Cc2ccccc2Cl)C(=O)N1Cc1ccc(Cl)cc1. The first-order valence-corrected chi connectivity index (χ1v) is 9.47. The number of benzene rings is 2. The monoisotopic (exact) mass is 412 g/mol. The van der Waals surface area contributed by atoms with Crippen molar-refractivity contribution < 1.29 is 14.2 Å². The molecule has 1 atom stereocenters. The first-order chi connectivity index (χ1) is 13.5. The lowest BCUT2D eigenvalue weighted by molar-refractivity contribution is -0.455. The number of hydrogen-bond donors (Lipinski definition) is 0. The van der Waals surface area contributed by atoms with Gasteiger partial charge in [-0.25, -0.2) is 4.79 Å². The predicted molar refractivity (Wildman–Crippen MR) is 109 cm³/mol. The first-order valence-electron chi connectivity index (χ1n) is 8.72. The Hall–Kier alpha value is -2.76. The molecule has 0 bridgehead atoms. The zero-order chi connectivity index (χ0) is 19.7. The van der Waals surface area contributed by atoms with Crippen LogP contribution in [-0.2, 0) is 17.9 Å². The van der Waals surface area contributed by atoms with E-state index < -0.39 is 12.1 Å². The van der Waals surface area contributed by atoms with Crippen LogP contribution in [0.2, 0.25) is 10.0 Å². The highest BCUT2D eigenvalue weighted by atomic mass is 35.5. The zero-order valence-corrected chi connectivity index (χ0v) is 16.3. The van der Waals surface area contributed by atoms with E-state index in [1.54, 1.807) is 53.3 Å². The Morgan fingerprint density at radius 1 is 1.04 bits per heavy atom. The van der Waals surface area contributed by atoms with Gasteiger partial charge in [-0.05, 0) is 35.9 Å². The predicted octanol–water partition coefficient (Wildman–Crippen LogP) is 4.12. The molecule has 2 aliphatic heterocycles. The van der Waals surface area contributed by atoms with E-state index >= 15 is 0 Å². The molecule has 0 radical (unpaired) electrons. The Bertz CT molecular complexity index is 1040. The second kappa shape index (κ2) is 7.70. The van der Waals surface area contributed by atoms with Gasteiger partial charge in [-0.1, -0.05) is 53.5 Å². The summed E-state index contributed by atoms with van der Waals surface area (Å²) in [5, 5.41) is 1.16. The van der Waals surface area contributed by atoms with Gasteiger partial charge < -0.3 is 0 Å². The van der Waals surface area contributed by atoms with Crippen molar-refractivity contribution in [1.82, 2.24) is 4.90 Å². The summed E-state index contributed by atoms with van der Waals surface area (Å²) in [7, 11) is 0. The van der Waals surface area contributed by atoms with Gasteiger partial charge in [0.15, 0.2) is 0 Å². The lowest BCUT2D eigenvalue weighted by atomic mass is 10.0. The van der Waals surface area contributed by atoms with Crippen LogP contribution in [0.15, 0.2) is 65.7 Å². The minimum atomic E-state index is -0.738. The third-order valence-corrected chi connectivity index (χ3v) is 5.30. The highest BCUT2D eigenvalue weighted by molar-refractivity contribution is 6.31. The Kier molecular flexibility index (Phi) is 5.11. The van der Waals surface area contributed by atoms with Gasteiger partial charge in [0.25, 0.3) is 0 Å². The molecule has 0 saturated carbocycles. The average Bonchev–Trinajstić information content (AvgIpc) is 2.71. The van der Waals surface area contributed by atoms with E-state index in [-0.39, 0.29) is 19.0 Å². The molecule has 2 aromatic rings. The average molecular weight is 413 g/mol. The maximum absolute atomic E-state index is 13.2. The van der Waals surface area contributed by atoms with E-state index in [4.69, 9.17) is 23.2 Å². The third-order valence-electron chi connectivity index (χ3n) is 4.68. The third kappa shape index (κ3) is 3.51. The second-order valence-electron chi connectivity index (χ2n) is 6.50. The van der Waals surface area contributed by atoms with Gasteiger partial charge in [0.05, 0.1) is 0 Å². The van der Waals surface area contributed by atoms with Crippen LogP contribution in [0.25, 0.3) is 0 Å². The highest BCUT2D eigenvalue weighted by Gasteiger charge is 2.47. The fourth-order valence-electron chi connectivity index (χ4n) is 3.24. The van der Waals surface area contributed by atoms with Crippen molar-refractivity contribution in [3.63, 3.8) is 0 Å². The topological polar surface area (TPSA) is 52.8 Å². The molecule has 140 valence electrons. The van der Waals surface area contributed by atoms with Gasteiger partial charge in [0.1, 0.15) is 18.8 Å². The number of hydrogen-bond acceptors (Lipinski definition) is 3. The number of aliphatic imine (C=N–C) groups is 1. The maximum Gasteiger partial charge on any atom is 0.501 e. The Morgan fingerprint density at radius 3 is 2.54 bits per heavy atom. The number of allylic oxidation sites excluding steroid dienone is 1. The smallest absolute Gasteiger partial charge is 0.269 e. The molecule has 1 unspecified atom stereocenters. The van der Waals surface area contributed by atoms with Crippen LogP contribution < -0.4 is 0 Å². The van der Waals surface area contributed by atoms with Gasteiger partial charge in [0, 0.05) is 21.8 Å². The number of urea groups is 1. The molecule has 28 heavy (non-hydrogen) atoms. The maximum atomic E-state index is 13.2. The molecule has 0 spiro atoms. The molecule has 5 nitrogen and oxygen atoms in total. The molecular weight excluding hydrogens is 397 g/mol. The van der Waals surface area contributed by atoms with Crippen LogP contribution in [0.1, 0.15) is 11.1 Å². The van der Waals surface area contributed by atoms with E-state index in [2.05, 4.69) is 4.99 Å². The van der Waals surface area contributed by atoms with Gasteiger partial charge in [-0.2, -0.15) is 14.3 Å². The van der Waals surface area contributed by atoms with Gasteiger partial charge >= 0.3 is 11.9 Å². The quantitative estimate of drug-likeness (QED) is 0.709. The fraction of sp³-hybridized carbons (Fsp3) is 0.143. The van der Waals surface area contributed by atoms with Crippen LogP contribution in [0.3, 0.4) is 0 Å². The minimum absolute atomic E-state index is 0.150. The second-order valence-corrected chi connectivity index (χ2v) is 7.34. The molecule has 4 rings (SSSR count). The summed E-state index contributed by atoms with van der Waals surface area (Å²) in [4.78, 5) is 31.7. The summed E-state index contributed by atoms with van der Waals surface area (Å²) in [6.07, 6.45) is 5.06. The molecule has 0 saturated heterocycles. The van der Waals surface area contributed by atoms with Crippen molar-refractivity contribution >= 4 is 47.1 Å². The number of amides is 3. The summed E-state index contributed by atoms with van der Waals surface area (Å²) >= 11 is 12.2. The summed E-state index contributed by atoms with van der Waals surface area (Å²) in [5.74, 6) is -0.342. The molecule has 2 aliphatic rings. The van der Waals surface area contributed by atoms with E-state index in [1.807, 2.05) is 18.2 Å². The number of dihydropyridines is 1. The number of carbonyl (C=O) groups excluding carboxylic acids is 2. The van der Waals surface area contributed by atoms with Crippen molar-refractivity contribution in [2.45, 2.75) is 19.1 Å². The van der Waals surface area contributed by atoms with Crippen LogP contribution in [0.5, 0.6) is 0 Å². The number of nitrogens with zero attached hydrogens (tertiary/aromatic N) is 3. The van der Waals surface area contributed by atoms with E-state index in [1.165, 1.54) is 4.90 Å². The van der Waals surface area contributed by atoms with Gasteiger partial charge in [-0.3, -0.25) is 4.99 Å². The highest BCUT2D eigenvalue weighted by Crippen LogP contribution is 2.22. The summed E-state index contributed by atoms with van der Waals surface area (Å²) in [6.45, 7) is 0.408. The van der Waals surface area contributed by atoms with Crippen molar-refractivity contribution in [2.75, 3.05) is 0 Å². The molecule has 0 fully saturated rings. The Balaban J connectivity index is 1.72. The zero-order valence-electron chi connectivity index (χ0n) is 14.8. The molecule has 2 heterocycles. The first kappa shape index (κ1) is 18.6. The number of fused-ring (bicyclic) bond motifs is 1. The standard InChI is InChI=1S/C21H16Cl2N3O2/c22-16-9-7-14(8-10-16)12-26-20(27)19-18(6-3-11-24-19)25(21(26)28)13-15-4-1-2-5-17(15)23/h1-11,19H,12-13H2/q+1. The number of carbonyl (C=O) groups is 2. The van der Waals surface area contributed by atoms with Crippen LogP contribution in [0.4, 0.5) is 4.79 Å². The van der Waals surface area contributed by atoms with Crippen LogP contribution in [-0.4, -0.2) is 39.4 Å². The largest absolute Gasteiger partial charge is 0.501 e. The van der Waals surface area contributed by atoms with E-state index in [9.17, 15) is 9.59 Å². The Morgan fingerprint density at radius 2 is 1.79 bits per heavy atom. The fourth-order valence-corrected chi connectivity index (χ4v) is 3.57. The van der Waals surface area contributed by atoms with Crippen molar-refractivity contribution in [1.29, 1.82) is 0 Å². The lowest BCUT2D eigenvalue weighted by Gasteiger charge is -2.26. The molecule has 0 aromatic heterocycles. The molecular formula is C21H16Cl2N3O2+. The normalized spacial score (nSPS) is 18.6. The summed E-state index contributed by atoms with van der Waals surface area (Å²) in [6, 6.07) is 13.3. The van der Waals surface area contributed by atoms with Crippen LogP contribution >= 0.6 is 23.2 Å². The summed E-state index contributed by atoms with van der Waals surface area (Å²) < 4.78 is 1.57. The van der Waals surface area contributed by atoms with Gasteiger partial charge in [0.2, 0.25) is 6.04 Å². The van der Waals surface area contributed by atoms with E-state index in [0.29, 0.717) is 15.8 Å². The number of imide groups is 1. The lowest BCUT2D eigenvalue weighted by Crippen LogP contribution is -2.56. The Labute approximate surface area is 172 Å². The molecule has 0 aliphatic carbocycles.